The minimum Gasteiger partial charge on any atom is -0.395 e. The smallest absolute Gasteiger partial charge is 0.307 e. The van der Waals surface area contributed by atoms with Crippen LogP contribution in [0.15, 0.2) is 12.7 Å². The zero-order valence-corrected chi connectivity index (χ0v) is 12.1. The maximum absolute atomic E-state index is 13.1. The molecule has 2 aromatic heterocycles. The number of halogens is 1. The molecular weight excluding hydrogens is 317 g/mol. The largest absolute Gasteiger partial charge is 0.395 e. The Morgan fingerprint density at radius 2 is 2.14 bits per heavy atom. The number of aliphatic hydroxyl groups is 1. The van der Waals surface area contributed by atoms with Gasteiger partial charge < -0.3 is 9.67 Å². The van der Waals surface area contributed by atoms with Gasteiger partial charge >= 0.3 is 10.2 Å². The predicted molar refractivity (Wildman–Crippen MR) is 73.2 cm³/mol. The average Bonchev–Trinajstić information content (AvgIpc) is 3.03. The summed E-state index contributed by atoms with van der Waals surface area (Å²) < 4.78 is 36.6. The first kappa shape index (κ1) is 14.8. The molecule has 3 rings (SSSR count). The van der Waals surface area contributed by atoms with Gasteiger partial charge in [-0.05, 0) is 0 Å². The van der Waals surface area contributed by atoms with Gasteiger partial charge in [0.2, 0.25) is 5.91 Å². The molecule has 1 unspecified atom stereocenters. The van der Waals surface area contributed by atoms with Crippen LogP contribution < -0.4 is 4.90 Å². The van der Waals surface area contributed by atoms with Crippen molar-refractivity contribution < 1.29 is 22.2 Å². The van der Waals surface area contributed by atoms with Crippen molar-refractivity contribution in [3.8, 4) is 0 Å². The van der Waals surface area contributed by atoms with Crippen molar-refractivity contribution in [1.29, 1.82) is 0 Å². The quantitative estimate of drug-likeness (QED) is 0.731. The first-order valence-corrected chi connectivity index (χ1v) is 7.87. The van der Waals surface area contributed by atoms with Crippen LogP contribution in [0.5, 0.6) is 0 Å². The molecule has 9 nitrogen and oxygen atoms in total. The third-order valence-corrected chi connectivity index (χ3v) is 4.58. The lowest BCUT2D eigenvalue weighted by Gasteiger charge is -2.14. The summed E-state index contributed by atoms with van der Waals surface area (Å²) in [4.78, 5) is 25.2. The predicted octanol–water partition coefficient (Wildman–Crippen LogP) is -0.777. The highest BCUT2D eigenvalue weighted by molar-refractivity contribution is 7.87. The molecule has 3 heterocycles. The Bertz CT molecular complexity index is 836. The van der Waals surface area contributed by atoms with Gasteiger partial charge in [0.25, 0.3) is 0 Å². The molecule has 1 fully saturated rings. The van der Waals surface area contributed by atoms with Crippen LogP contribution in [-0.2, 0) is 21.6 Å². The fraction of sp³-hybridized carbons (Fsp3) is 0.455. The first-order chi connectivity index (χ1) is 10.4. The van der Waals surface area contributed by atoms with E-state index in [0.717, 1.165) is 4.90 Å². The van der Waals surface area contributed by atoms with Crippen LogP contribution in [0.2, 0.25) is 0 Å². The Labute approximate surface area is 124 Å². The van der Waals surface area contributed by atoms with Crippen molar-refractivity contribution in [1.82, 2.24) is 19.5 Å². The molecule has 0 bridgehead atoms. The number of hydrogen-bond acceptors (Lipinski definition) is 7. The summed E-state index contributed by atoms with van der Waals surface area (Å²) in [5.74, 6) is -0.402. The molecule has 0 aromatic carbocycles. The van der Waals surface area contributed by atoms with Gasteiger partial charge in [0.15, 0.2) is 17.0 Å². The van der Waals surface area contributed by atoms with Crippen LogP contribution in [0.25, 0.3) is 11.2 Å². The molecule has 118 valence electrons. The van der Waals surface area contributed by atoms with Gasteiger partial charge in [0, 0.05) is 19.5 Å². The van der Waals surface area contributed by atoms with E-state index in [0.29, 0.717) is 11.2 Å². The molecule has 1 amide bonds. The number of rotatable bonds is 4. The second-order valence-electron chi connectivity index (χ2n) is 4.84. The molecule has 2 aromatic rings. The van der Waals surface area contributed by atoms with Crippen molar-refractivity contribution in [3.05, 3.63) is 12.7 Å². The van der Waals surface area contributed by atoms with E-state index in [-0.39, 0.29) is 25.5 Å². The van der Waals surface area contributed by atoms with E-state index >= 15 is 0 Å². The second kappa shape index (κ2) is 5.25. The highest BCUT2D eigenvalue weighted by Gasteiger charge is 2.40. The van der Waals surface area contributed by atoms with Gasteiger partial charge in [-0.2, -0.15) is 8.42 Å². The van der Waals surface area contributed by atoms with Gasteiger partial charge in [0.1, 0.15) is 11.6 Å². The molecule has 1 atom stereocenters. The monoisotopic (exact) mass is 329 g/mol. The minimum atomic E-state index is -4.80. The second-order valence-corrected chi connectivity index (χ2v) is 6.45. The Balaban J connectivity index is 2.02. The molecule has 1 N–H and O–H groups in total. The Morgan fingerprint density at radius 3 is 2.77 bits per heavy atom. The molecule has 1 saturated heterocycles. The van der Waals surface area contributed by atoms with Gasteiger partial charge in [-0.3, -0.25) is 9.69 Å². The van der Waals surface area contributed by atoms with E-state index in [1.807, 2.05) is 0 Å². The van der Waals surface area contributed by atoms with Gasteiger partial charge in [-0.25, -0.2) is 15.0 Å². The molecule has 0 radical (unpaired) electrons. The van der Waals surface area contributed by atoms with E-state index in [2.05, 4.69) is 15.0 Å². The minimum absolute atomic E-state index is 0.115. The number of nitrogens with zero attached hydrogens (tertiary/aromatic N) is 5. The van der Waals surface area contributed by atoms with E-state index in [4.69, 9.17) is 5.11 Å². The highest BCUT2D eigenvalue weighted by atomic mass is 32.3. The molecule has 0 spiro atoms. The number of hydrogen-bond donors (Lipinski definition) is 1. The van der Waals surface area contributed by atoms with Gasteiger partial charge in [0.05, 0.1) is 12.9 Å². The summed E-state index contributed by atoms with van der Waals surface area (Å²) in [5, 5.41) is 7.58. The topological polar surface area (TPSA) is 118 Å². The zero-order valence-electron chi connectivity index (χ0n) is 11.3. The standard InChI is InChI=1S/C11H12FN5O4S/c12-22(20,21)7-3-8(19)17(4-7)11-9-10(13-5-14-11)16(1-2-18)6-15-9/h5-7,18H,1-4H2. The number of anilines is 1. The summed E-state index contributed by atoms with van der Waals surface area (Å²) in [5.41, 5.74) is 0.694. The summed E-state index contributed by atoms with van der Waals surface area (Å²) in [6.07, 6.45) is 2.21. The van der Waals surface area contributed by atoms with Crippen molar-refractivity contribution >= 4 is 33.1 Å². The Kier molecular flexibility index (Phi) is 3.53. The SMILES string of the molecule is O=C1CC(S(=O)(=O)F)CN1c1ncnc2c1ncn2CCO. The van der Waals surface area contributed by atoms with Crippen molar-refractivity contribution in [2.24, 2.45) is 0 Å². The van der Waals surface area contributed by atoms with E-state index in [1.54, 1.807) is 4.57 Å². The summed E-state index contributed by atoms with van der Waals surface area (Å²) in [6, 6.07) is 0. The summed E-state index contributed by atoms with van der Waals surface area (Å²) in [7, 11) is -4.80. The van der Waals surface area contributed by atoms with E-state index in [1.165, 1.54) is 12.7 Å². The third kappa shape index (κ3) is 2.41. The average molecular weight is 329 g/mol. The lowest BCUT2D eigenvalue weighted by atomic mass is 10.4. The molecule has 22 heavy (non-hydrogen) atoms. The first-order valence-electron chi connectivity index (χ1n) is 6.42. The van der Waals surface area contributed by atoms with Gasteiger partial charge in [-0.15, -0.1) is 3.89 Å². The van der Waals surface area contributed by atoms with Crippen molar-refractivity contribution in [3.63, 3.8) is 0 Å². The van der Waals surface area contributed by atoms with Crippen LogP contribution in [0.4, 0.5) is 9.70 Å². The Hall–Kier alpha value is -2.14. The molecule has 1 aliphatic heterocycles. The molecule has 0 aliphatic carbocycles. The number of fused-ring (bicyclic) bond motifs is 1. The van der Waals surface area contributed by atoms with Crippen LogP contribution in [-0.4, -0.2) is 57.4 Å². The van der Waals surface area contributed by atoms with Crippen LogP contribution in [0.3, 0.4) is 0 Å². The molecule has 11 heteroatoms. The Morgan fingerprint density at radius 1 is 1.36 bits per heavy atom. The number of carbonyl (C=O) groups is 1. The van der Waals surface area contributed by atoms with Crippen molar-refractivity contribution in [2.45, 2.75) is 18.2 Å². The van der Waals surface area contributed by atoms with E-state index in [9.17, 15) is 17.1 Å². The fourth-order valence-corrected chi connectivity index (χ4v) is 3.07. The van der Waals surface area contributed by atoms with Crippen molar-refractivity contribution in [2.75, 3.05) is 18.1 Å². The van der Waals surface area contributed by atoms with Crippen LogP contribution >= 0.6 is 0 Å². The number of amides is 1. The summed E-state index contributed by atoms with van der Waals surface area (Å²) >= 11 is 0. The summed E-state index contributed by atoms with van der Waals surface area (Å²) in [6.45, 7) is -0.158. The molecule has 0 saturated carbocycles. The van der Waals surface area contributed by atoms with E-state index < -0.39 is 27.8 Å². The zero-order chi connectivity index (χ0) is 15.9. The lowest BCUT2D eigenvalue weighted by molar-refractivity contribution is -0.117. The van der Waals surface area contributed by atoms with Gasteiger partial charge in [-0.1, -0.05) is 0 Å². The maximum atomic E-state index is 13.1. The maximum Gasteiger partial charge on any atom is 0.307 e. The molecule has 1 aliphatic rings. The van der Waals surface area contributed by atoms with Crippen LogP contribution in [0.1, 0.15) is 6.42 Å². The lowest BCUT2D eigenvalue weighted by Crippen LogP contribution is -2.28. The van der Waals surface area contributed by atoms with Crippen LogP contribution in [0, 0.1) is 0 Å². The third-order valence-electron chi connectivity index (χ3n) is 3.47. The number of carbonyl (C=O) groups excluding carboxylic acids is 1. The fourth-order valence-electron chi connectivity index (χ4n) is 2.41. The number of imidazole rings is 1. The molecular formula is C11H12FN5O4S. The number of aliphatic hydroxyl groups excluding tert-OH is 1. The number of aromatic nitrogens is 4. The normalized spacial score (nSPS) is 19.3. The highest BCUT2D eigenvalue weighted by Crippen LogP contribution is 2.28.